The zero-order chi connectivity index (χ0) is 27.9. The van der Waals surface area contributed by atoms with Gasteiger partial charge in [0.05, 0.1) is 16.7 Å². The lowest BCUT2D eigenvalue weighted by Gasteiger charge is -2.32. The van der Waals surface area contributed by atoms with Gasteiger partial charge in [-0.25, -0.2) is 4.79 Å². The molecule has 208 valence electrons. The highest BCUT2D eigenvalue weighted by Crippen LogP contribution is 2.37. The maximum atomic E-state index is 12.9. The van der Waals surface area contributed by atoms with Crippen molar-refractivity contribution in [1.29, 1.82) is 0 Å². The Balaban J connectivity index is 1.21. The van der Waals surface area contributed by atoms with Gasteiger partial charge in [0.25, 0.3) is 0 Å². The summed E-state index contributed by atoms with van der Waals surface area (Å²) >= 11 is 12.6. The van der Waals surface area contributed by atoms with Crippen LogP contribution in [0, 0.1) is 12.8 Å². The summed E-state index contributed by atoms with van der Waals surface area (Å²) in [5, 5.41) is 7.79. The summed E-state index contributed by atoms with van der Waals surface area (Å²) in [6.07, 6.45) is 3.85. The van der Waals surface area contributed by atoms with Gasteiger partial charge in [0.15, 0.2) is 0 Å². The van der Waals surface area contributed by atoms with Crippen molar-refractivity contribution >= 4 is 40.8 Å². The van der Waals surface area contributed by atoms with Gasteiger partial charge in [-0.1, -0.05) is 60.4 Å². The third-order valence-electron chi connectivity index (χ3n) is 7.11. The van der Waals surface area contributed by atoms with Crippen LogP contribution in [0.5, 0.6) is 0 Å². The first-order valence-corrected chi connectivity index (χ1v) is 14.2. The number of halogens is 2. The highest BCUT2D eigenvalue weighted by molar-refractivity contribution is 6.39. The summed E-state index contributed by atoms with van der Waals surface area (Å²) in [6, 6.07) is 13.3. The Bertz CT molecular complexity index is 1280. The summed E-state index contributed by atoms with van der Waals surface area (Å²) in [5.74, 6) is 0.353. The first kappa shape index (κ1) is 29.1. The number of aryl methyl sites for hydroxylation is 1. The maximum Gasteiger partial charge on any atom is 0.344 e. The molecule has 3 aromatic rings. The minimum Gasteiger partial charge on any atom is -0.462 e. The van der Waals surface area contributed by atoms with Crippen molar-refractivity contribution in [2.24, 2.45) is 5.92 Å². The molecule has 0 atom stereocenters. The van der Waals surface area contributed by atoms with E-state index in [2.05, 4.69) is 27.5 Å². The summed E-state index contributed by atoms with van der Waals surface area (Å²) < 4.78 is 10.8. The molecule has 0 spiro atoms. The molecule has 7 nitrogen and oxygen atoms in total. The molecule has 39 heavy (non-hydrogen) atoms. The Morgan fingerprint density at radius 1 is 1.10 bits per heavy atom. The standard InChI is InChI=1S/C30H35Cl2N3O4/c1-19(2)29(36)33-23-9-6-8-22(18-23)21-12-15-35(16-13-21)14-4-5-17-38-30(37)26-20(3)39-34-28(26)27-24(31)10-7-11-25(27)32/h6-11,18-19,21H,4-5,12-17H2,1-3H3,(H,33,36). The first-order valence-electron chi connectivity index (χ1n) is 13.5. The predicted molar refractivity (Wildman–Crippen MR) is 155 cm³/mol. The fourth-order valence-corrected chi connectivity index (χ4v) is 5.41. The zero-order valence-corrected chi connectivity index (χ0v) is 24.1. The quantitative estimate of drug-likeness (QED) is 0.202. The fourth-order valence-electron chi connectivity index (χ4n) is 4.83. The van der Waals surface area contributed by atoms with E-state index in [1.165, 1.54) is 5.56 Å². The van der Waals surface area contributed by atoms with Crippen molar-refractivity contribution in [1.82, 2.24) is 10.1 Å². The number of nitrogens with one attached hydrogen (secondary N) is 1. The van der Waals surface area contributed by atoms with Gasteiger partial charge in [-0.15, -0.1) is 0 Å². The Morgan fingerprint density at radius 2 is 1.79 bits per heavy atom. The number of anilines is 1. The van der Waals surface area contributed by atoms with E-state index in [9.17, 15) is 9.59 Å². The third-order valence-corrected chi connectivity index (χ3v) is 7.74. The Kier molecular flexibility index (Phi) is 10.1. The number of likely N-dealkylation sites (tertiary alicyclic amines) is 1. The lowest BCUT2D eigenvalue weighted by atomic mass is 9.89. The van der Waals surface area contributed by atoms with Crippen molar-refractivity contribution in [3.05, 3.63) is 69.4 Å². The Hall–Kier alpha value is -2.87. The molecule has 1 saturated heterocycles. The number of hydrogen-bond donors (Lipinski definition) is 1. The lowest BCUT2D eigenvalue weighted by Crippen LogP contribution is -2.33. The minimum atomic E-state index is -0.493. The molecule has 0 radical (unpaired) electrons. The summed E-state index contributed by atoms with van der Waals surface area (Å²) in [6.45, 7) is 8.77. The normalized spacial score (nSPS) is 14.5. The number of carbonyl (C=O) groups excluding carboxylic acids is 2. The molecule has 1 aliphatic rings. The van der Waals surface area contributed by atoms with Gasteiger partial charge >= 0.3 is 5.97 Å². The number of amides is 1. The molecular weight excluding hydrogens is 537 g/mol. The molecule has 1 fully saturated rings. The number of carbonyl (C=O) groups is 2. The number of ether oxygens (including phenoxy) is 1. The Morgan fingerprint density at radius 3 is 2.49 bits per heavy atom. The third kappa shape index (κ3) is 7.41. The van der Waals surface area contributed by atoms with E-state index >= 15 is 0 Å². The number of unbranched alkanes of at least 4 members (excludes halogenated alkanes) is 1. The molecule has 2 heterocycles. The molecule has 1 aromatic heterocycles. The van der Waals surface area contributed by atoms with Crippen LogP contribution in [0.1, 0.15) is 67.1 Å². The van der Waals surface area contributed by atoms with Gasteiger partial charge in [-0.3, -0.25) is 4.79 Å². The van der Waals surface area contributed by atoms with Gasteiger partial charge in [0, 0.05) is 17.2 Å². The van der Waals surface area contributed by atoms with Crippen LogP contribution in [0.2, 0.25) is 10.0 Å². The molecule has 4 rings (SSSR count). The average molecular weight is 573 g/mol. The van der Waals surface area contributed by atoms with E-state index in [-0.39, 0.29) is 17.4 Å². The van der Waals surface area contributed by atoms with Crippen molar-refractivity contribution in [3.63, 3.8) is 0 Å². The molecule has 1 amide bonds. The minimum absolute atomic E-state index is 0.0367. The molecule has 0 saturated carbocycles. The summed E-state index contributed by atoms with van der Waals surface area (Å²) in [5.41, 5.74) is 3.15. The van der Waals surface area contributed by atoms with Crippen molar-refractivity contribution < 1.29 is 18.8 Å². The van der Waals surface area contributed by atoms with Crippen LogP contribution < -0.4 is 5.32 Å². The molecule has 2 aromatic carbocycles. The summed E-state index contributed by atoms with van der Waals surface area (Å²) in [7, 11) is 0. The molecule has 1 N–H and O–H groups in total. The van der Waals surface area contributed by atoms with E-state index in [4.69, 9.17) is 32.5 Å². The number of hydrogen-bond acceptors (Lipinski definition) is 6. The van der Waals surface area contributed by atoms with Crippen molar-refractivity contribution in [2.45, 2.75) is 52.4 Å². The second-order valence-electron chi connectivity index (χ2n) is 10.3. The SMILES string of the molecule is Cc1onc(-c2c(Cl)cccc2Cl)c1C(=O)OCCCCN1CCC(c2cccc(NC(=O)C(C)C)c2)CC1. The van der Waals surface area contributed by atoms with E-state index in [1.54, 1.807) is 25.1 Å². The van der Waals surface area contributed by atoms with Crippen LogP contribution in [0.15, 0.2) is 47.0 Å². The fraction of sp³-hybridized carbons (Fsp3) is 0.433. The second kappa shape index (κ2) is 13.5. The van der Waals surface area contributed by atoms with Crippen LogP contribution in [0.3, 0.4) is 0 Å². The van der Waals surface area contributed by atoms with Crippen LogP contribution in [-0.2, 0) is 9.53 Å². The molecule has 0 unspecified atom stereocenters. The molecule has 9 heteroatoms. The zero-order valence-electron chi connectivity index (χ0n) is 22.6. The second-order valence-corrected chi connectivity index (χ2v) is 11.1. The molecule has 1 aliphatic heterocycles. The number of rotatable bonds is 10. The largest absolute Gasteiger partial charge is 0.462 e. The number of benzene rings is 2. The Labute approximate surface area is 239 Å². The van der Waals surface area contributed by atoms with Gasteiger partial charge in [0.1, 0.15) is 17.0 Å². The lowest BCUT2D eigenvalue weighted by molar-refractivity contribution is -0.118. The topological polar surface area (TPSA) is 84.7 Å². The van der Waals surface area contributed by atoms with Crippen molar-refractivity contribution in [2.75, 3.05) is 31.6 Å². The van der Waals surface area contributed by atoms with Crippen molar-refractivity contribution in [3.8, 4) is 11.3 Å². The van der Waals surface area contributed by atoms with Gasteiger partial charge in [-0.2, -0.15) is 0 Å². The van der Waals surface area contributed by atoms with E-state index in [1.807, 2.05) is 26.0 Å². The molecule has 0 aliphatic carbocycles. The highest BCUT2D eigenvalue weighted by atomic mass is 35.5. The summed E-state index contributed by atoms with van der Waals surface area (Å²) in [4.78, 5) is 27.4. The van der Waals surface area contributed by atoms with Gasteiger partial charge < -0.3 is 19.5 Å². The van der Waals surface area contributed by atoms with Crippen LogP contribution in [0.4, 0.5) is 5.69 Å². The molecule has 0 bridgehead atoms. The van der Waals surface area contributed by atoms with Gasteiger partial charge in [-0.05, 0) is 88.0 Å². The van der Waals surface area contributed by atoms with Crippen LogP contribution >= 0.6 is 23.2 Å². The molecular formula is C30H35Cl2N3O4. The number of nitrogens with zero attached hydrogens (tertiary/aromatic N) is 2. The van der Waals surface area contributed by atoms with Crippen LogP contribution in [0.25, 0.3) is 11.3 Å². The van der Waals surface area contributed by atoms with Gasteiger partial charge in [0.2, 0.25) is 5.91 Å². The number of aromatic nitrogens is 1. The maximum absolute atomic E-state index is 12.9. The average Bonchev–Trinajstić information content (AvgIpc) is 3.29. The number of piperidine rings is 1. The smallest absolute Gasteiger partial charge is 0.344 e. The first-order chi connectivity index (χ1) is 18.7. The van der Waals surface area contributed by atoms with Crippen LogP contribution in [-0.4, -0.2) is 48.2 Å². The van der Waals surface area contributed by atoms with E-state index < -0.39 is 5.97 Å². The van der Waals surface area contributed by atoms with E-state index in [0.29, 0.717) is 39.6 Å². The highest BCUT2D eigenvalue weighted by Gasteiger charge is 2.26. The number of esters is 1. The monoisotopic (exact) mass is 571 g/mol. The van der Waals surface area contributed by atoms with E-state index in [0.717, 1.165) is 51.0 Å². The predicted octanol–water partition coefficient (Wildman–Crippen LogP) is 7.37.